The molecular weight excluding hydrogens is 239 g/mol. The first-order chi connectivity index (χ1) is 5.20. The second-order valence-electron chi connectivity index (χ2n) is 1.32. The summed E-state index contributed by atoms with van der Waals surface area (Å²) in [5, 5.41) is -0.0597. The van der Waals surface area contributed by atoms with Crippen molar-refractivity contribution in [1.29, 1.82) is 0 Å². The van der Waals surface area contributed by atoms with E-state index in [-0.39, 0.29) is 36.6 Å². The average molecular weight is 248 g/mol. The molecule has 11 heavy (non-hydrogen) atoms. The molecule has 0 saturated carbocycles. The molecule has 9 heteroatoms. The topological polar surface area (TPSA) is 58.2 Å². The summed E-state index contributed by atoms with van der Waals surface area (Å²) in [6, 6.07) is 0. The number of rotatable bonds is 6. The van der Waals surface area contributed by atoms with Crippen LogP contribution in [-0.4, -0.2) is 10.5 Å². The van der Waals surface area contributed by atoms with Crippen molar-refractivity contribution in [2.75, 3.05) is 0 Å². The van der Waals surface area contributed by atoms with Crippen LogP contribution in [0.15, 0.2) is 0 Å². The first-order valence-corrected chi connectivity index (χ1v) is 6.64. The van der Waals surface area contributed by atoms with Gasteiger partial charge in [-0.15, -0.1) is 0 Å². The maximum absolute atomic E-state index is 10.8. The van der Waals surface area contributed by atoms with Gasteiger partial charge in [0.1, 0.15) is 0 Å². The Morgan fingerprint density at radius 1 is 1.00 bits per heavy atom. The van der Waals surface area contributed by atoms with Crippen LogP contribution in [0.1, 0.15) is 0 Å². The molecule has 0 aliphatic rings. The molecule has 2 N–H and O–H groups in total. The van der Waals surface area contributed by atoms with E-state index < -0.39 is 0 Å². The lowest BCUT2D eigenvalue weighted by Crippen LogP contribution is -1.88. The van der Waals surface area contributed by atoms with E-state index >= 15 is 0 Å². The third-order valence-corrected chi connectivity index (χ3v) is 4.16. The minimum Gasteiger partial charge on any atom is -0.288 e. The SMILES string of the molecule is O=C(PNP)PC(=O)PNP. The second-order valence-corrected chi connectivity index (χ2v) is 7.20. The van der Waals surface area contributed by atoms with E-state index in [4.69, 9.17) is 0 Å². The lowest BCUT2D eigenvalue weighted by Gasteiger charge is -1.97. The maximum atomic E-state index is 10.8. The summed E-state index contributed by atoms with van der Waals surface area (Å²) in [4.78, 5) is 26.9. The Balaban J connectivity index is 3.49. The average Bonchev–Trinajstić information content (AvgIpc) is 1.87. The molecule has 0 rings (SSSR count). The van der Waals surface area contributed by atoms with Gasteiger partial charge in [-0.25, -0.2) is 0 Å². The van der Waals surface area contributed by atoms with Crippen molar-refractivity contribution in [2.45, 2.75) is 0 Å². The smallest absolute Gasteiger partial charge is 0.192 e. The van der Waals surface area contributed by atoms with E-state index in [2.05, 4.69) is 28.5 Å². The van der Waals surface area contributed by atoms with Gasteiger partial charge in [-0.1, -0.05) is 18.8 Å². The Morgan fingerprint density at radius 2 is 1.36 bits per heavy atom. The highest BCUT2D eigenvalue weighted by Crippen LogP contribution is 2.33. The molecule has 0 aliphatic carbocycles. The molecule has 0 heterocycles. The van der Waals surface area contributed by atoms with Gasteiger partial charge in [0.25, 0.3) is 0 Å². The molecule has 4 nitrogen and oxygen atoms in total. The summed E-state index contributed by atoms with van der Waals surface area (Å²) in [7, 11) is 4.29. The van der Waals surface area contributed by atoms with Crippen LogP contribution in [0.5, 0.6) is 0 Å². The quantitative estimate of drug-likeness (QED) is 0.704. The Bertz CT molecular complexity index is 135. The molecule has 0 amide bonds. The number of hydrogen-bond acceptors (Lipinski definition) is 4. The first kappa shape index (κ1) is 12.4. The highest BCUT2D eigenvalue weighted by Gasteiger charge is 2.06. The molecule has 0 fully saturated rings. The Morgan fingerprint density at radius 3 is 1.64 bits per heavy atom. The van der Waals surface area contributed by atoms with Crippen molar-refractivity contribution in [2.24, 2.45) is 0 Å². The van der Waals surface area contributed by atoms with Gasteiger partial charge >= 0.3 is 0 Å². The van der Waals surface area contributed by atoms with Gasteiger partial charge in [0.05, 0.1) is 0 Å². The molecular formula is C2H9N2O2P5. The van der Waals surface area contributed by atoms with Gasteiger partial charge in [0.15, 0.2) is 10.5 Å². The van der Waals surface area contributed by atoms with E-state index in [0.29, 0.717) is 0 Å². The van der Waals surface area contributed by atoms with Crippen molar-refractivity contribution in [3.05, 3.63) is 0 Å². The van der Waals surface area contributed by atoms with Crippen molar-refractivity contribution < 1.29 is 9.59 Å². The molecule has 0 bridgehead atoms. The fraction of sp³-hybridized carbons (Fsp3) is 0. The monoisotopic (exact) mass is 248 g/mol. The van der Waals surface area contributed by atoms with Crippen molar-refractivity contribution in [3.63, 3.8) is 0 Å². The molecule has 0 saturated heterocycles. The van der Waals surface area contributed by atoms with Crippen molar-refractivity contribution >= 4 is 55.4 Å². The minimum atomic E-state index is -0.211. The highest BCUT2D eigenvalue weighted by atomic mass is 31.2. The van der Waals surface area contributed by atoms with Crippen LogP contribution in [0.3, 0.4) is 0 Å². The van der Waals surface area contributed by atoms with E-state index in [1.54, 1.807) is 0 Å². The molecule has 64 valence electrons. The van der Waals surface area contributed by atoms with Crippen LogP contribution in [0.25, 0.3) is 0 Å². The predicted molar refractivity (Wildman–Crippen MR) is 61.4 cm³/mol. The molecule has 4 atom stereocenters. The molecule has 0 aromatic heterocycles. The Labute approximate surface area is 75.2 Å². The lowest BCUT2D eigenvalue weighted by molar-refractivity contribution is 0.273. The van der Waals surface area contributed by atoms with E-state index in [9.17, 15) is 9.59 Å². The molecule has 0 aliphatic heterocycles. The Hall–Kier alpha value is 1.41. The van der Waals surface area contributed by atoms with Crippen LogP contribution in [0, 0.1) is 0 Å². The minimum absolute atomic E-state index is 0.0213. The van der Waals surface area contributed by atoms with E-state index in [0.717, 1.165) is 0 Å². The largest absolute Gasteiger partial charge is 0.288 e. The van der Waals surface area contributed by atoms with Gasteiger partial charge in [-0.3, -0.25) is 19.3 Å². The predicted octanol–water partition coefficient (Wildman–Crippen LogP) is 1.85. The summed E-state index contributed by atoms with van der Waals surface area (Å²) < 4.78 is 0. The Kier molecular flexibility index (Phi) is 9.06. The third-order valence-electron chi connectivity index (χ3n) is 0.598. The summed E-state index contributed by atoms with van der Waals surface area (Å²) in [6.45, 7) is 0. The van der Waals surface area contributed by atoms with Gasteiger partial charge < -0.3 is 0 Å². The highest BCUT2D eigenvalue weighted by molar-refractivity contribution is 8.02. The zero-order chi connectivity index (χ0) is 8.69. The molecule has 0 spiro atoms. The molecule has 4 unspecified atom stereocenters. The van der Waals surface area contributed by atoms with Crippen LogP contribution in [-0.2, 0) is 0 Å². The lowest BCUT2D eigenvalue weighted by atomic mass is 11.7. The fourth-order valence-corrected chi connectivity index (χ4v) is 4.41. The molecule has 0 aromatic rings. The number of hydrogen-bond donors (Lipinski definition) is 2. The van der Waals surface area contributed by atoms with Crippen LogP contribution >= 0.6 is 44.8 Å². The number of carbonyl (C=O) groups excluding carboxylic acids is 2. The van der Waals surface area contributed by atoms with E-state index in [1.807, 2.05) is 0 Å². The normalized spacial score (nSPS) is 12.9. The maximum Gasteiger partial charge on any atom is 0.192 e. The van der Waals surface area contributed by atoms with Crippen LogP contribution < -0.4 is 9.72 Å². The first-order valence-electron chi connectivity index (χ1n) is 2.49. The van der Waals surface area contributed by atoms with Crippen molar-refractivity contribution in [1.82, 2.24) is 9.72 Å². The summed E-state index contributed by atoms with van der Waals surface area (Å²) in [6.07, 6.45) is 0. The zero-order valence-electron chi connectivity index (χ0n) is 5.47. The van der Waals surface area contributed by atoms with Gasteiger partial charge in [-0.2, -0.15) is 0 Å². The molecule has 0 aromatic carbocycles. The van der Waals surface area contributed by atoms with E-state index in [1.165, 1.54) is 0 Å². The number of nitrogens with one attached hydrogen (secondary N) is 2. The fourth-order valence-electron chi connectivity index (χ4n) is 0.297. The summed E-state index contributed by atoms with van der Waals surface area (Å²) in [5.41, 5.74) is 0. The second kappa shape index (κ2) is 8.03. The van der Waals surface area contributed by atoms with Crippen LogP contribution in [0.4, 0.5) is 9.59 Å². The van der Waals surface area contributed by atoms with Gasteiger partial charge in [-0.05, 0) is 0 Å². The van der Waals surface area contributed by atoms with Gasteiger partial charge in [0.2, 0.25) is 0 Å². The third kappa shape index (κ3) is 7.76. The van der Waals surface area contributed by atoms with Crippen molar-refractivity contribution in [3.8, 4) is 0 Å². The summed E-state index contributed by atoms with van der Waals surface area (Å²) in [5.74, 6) is 0. The molecule has 0 radical (unpaired) electrons. The number of carbonyl (C=O) groups is 2. The zero-order valence-corrected chi connectivity index (χ0v) is 10.8. The summed E-state index contributed by atoms with van der Waals surface area (Å²) >= 11 is 0. The van der Waals surface area contributed by atoms with Crippen LogP contribution in [0.2, 0.25) is 0 Å². The standard InChI is InChI=1S/C2H9N2O2P5/c5-1(10-3-7)9-2(6)11-4-8/h3-4,9-11H,7-8H2. The van der Waals surface area contributed by atoms with Gasteiger partial charge in [0, 0.05) is 26.0 Å².